The van der Waals surface area contributed by atoms with Crippen molar-refractivity contribution in [1.82, 2.24) is 4.90 Å². The molecule has 3 rings (SSSR count). The molecule has 4 nitrogen and oxygen atoms in total. The minimum atomic E-state index is 0.0505. The van der Waals surface area contributed by atoms with Gasteiger partial charge in [-0.05, 0) is 68.3 Å². The van der Waals surface area contributed by atoms with Gasteiger partial charge >= 0.3 is 0 Å². The second-order valence-corrected chi connectivity index (χ2v) is 6.44. The van der Waals surface area contributed by atoms with Crippen molar-refractivity contribution in [3.05, 3.63) is 29.3 Å². The number of hydrogen-bond acceptors (Lipinski definition) is 3. The highest BCUT2D eigenvalue weighted by Gasteiger charge is 2.33. The predicted octanol–water partition coefficient (Wildman–Crippen LogP) is 1.78. The molecule has 1 aromatic rings. The molecule has 3 N–H and O–H groups in total. The number of aryl methyl sites for hydroxylation is 2. The molecule has 0 saturated heterocycles. The quantitative estimate of drug-likeness (QED) is 0.838. The van der Waals surface area contributed by atoms with Crippen LogP contribution in [-0.4, -0.2) is 37.0 Å². The standard InChI is InChI=1S/C17H25N3O/c1-20(16(10-18)13-5-6-13)11-17(21)19-15-8-7-12-3-2-4-14(12)9-15/h7-9,13,16H,2-6,10-11,18H2,1H3,(H,19,21). The zero-order valence-electron chi connectivity index (χ0n) is 12.8. The van der Waals surface area contributed by atoms with Crippen molar-refractivity contribution in [3.8, 4) is 0 Å². The molecule has 114 valence electrons. The van der Waals surface area contributed by atoms with E-state index in [1.807, 2.05) is 13.1 Å². The third-order valence-electron chi connectivity index (χ3n) is 4.75. The highest BCUT2D eigenvalue weighted by atomic mass is 16.2. The van der Waals surface area contributed by atoms with Crippen LogP contribution in [-0.2, 0) is 17.6 Å². The van der Waals surface area contributed by atoms with Crippen molar-refractivity contribution in [2.45, 2.75) is 38.1 Å². The summed E-state index contributed by atoms with van der Waals surface area (Å²) < 4.78 is 0. The summed E-state index contributed by atoms with van der Waals surface area (Å²) in [7, 11) is 2.00. The molecule has 1 atom stereocenters. The summed E-state index contributed by atoms with van der Waals surface area (Å²) in [5, 5.41) is 3.02. The Kier molecular flexibility index (Phi) is 4.27. The molecule has 4 heteroatoms. The first-order chi connectivity index (χ1) is 10.2. The zero-order chi connectivity index (χ0) is 14.8. The highest BCUT2D eigenvalue weighted by Crippen LogP contribution is 2.34. The summed E-state index contributed by atoms with van der Waals surface area (Å²) in [5.74, 6) is 0.738. The summed E-state index contributed by atoms with van der Waals surface area (Å²) in [4.78, 5) is 14.3. The molecular weight excluding hydrogens is 262 g/mol. The van der Waals surface area contributed by atoms with Gasteiger partial charge in [-0.2, -0.15) is 0 Å². The number of rotatable bonds is 6. The topological polar surface area (TPSA) is 58.4 Å². The molecule has 1 unspecified atom stereocenters. The lowest BCUT2D eigenvalue weighted by molar-refractivity contribution is -0.117. The number of nitrogens with zero attached hydrogens (tertiary/aromatic N) is 1. The van der Waals surface area contributed by atoms with Crippen LogP contribution < -0.4 is 11.1 Å². The molecule has 2 aliphatic carbocycles. The number of carbonyl (C=O) groups excluding carboxylic acids is 1. The SMILES string of the molecule is CN(CC(=O)Nc1ccc2c(c1)CCC2)C(CN)C1CC1. The lowest BCUT2D eigenvalue weighted by atomic mass is 10.1. The molecule has 0 bridgehead atoms. The van der Waals surface area contributed by atoms with E-state index in [9.17, 15) is 4.79 Å². The molecule has 1 saturated carbocycles. The number of amides is 1. The van der Waals surface area contributed by atoms with E-state index in [4.69, 9.17) is 5.73 Å². The normalized spacial score (nSPS) is 18.6. The van der Waals surface area contributed by atoms with Gasteiger partial charge in [0.25, 0.3) is 0 Å². The van der Waals surface area contributed by atoms with Gasteiger partial charge in [-0.25, -0.2) is 0 Å². The van der Waals surface area contributed by atoms with Crippen molar-refractivity contribution in [2.24, 2.45) is 11.7 Å². The molecule has 0 heterocycles. The van der Waals surface area contributed by atoms with Crippen molar-refractivity contribution >= 4 is 11.6 Å². The predicted molar refractivity (Wildman–Crippen MR) is 85.3 cm³/mol. The van der Waals surface area contributed by atoms with Gasteiger partial charge in [0.05, 0.1) is 6.54 Å². The van der Waals surface area contributed by atoms with E-state index in [0.717, 1.165) is 12.1 Å². The third kappa shape index (κ3) is 3.44. The maximum atomic E-state index is 12.2. The zero-order valence-corrected chi connectivity index (χ0v) is 12.8. The lowest BCUT2D eigenvalue weighted by Crippen LogP contribution is -2.43. The van der Waals surface area contributed by atoms with Crippen molar-refractivity contribution in [2.75, 3.05) is 25.5 Å². The van der Waals surface area contributed by atoms with Gasteiger partial charge in [0.15, 0.2) is 0 Å². The van der Waals surface area contributed by atoms with Crippen LogP contribution in [0.2, 0.25) is 0 Å². The van der Waals surface area contributed by atoms with E-state index in [0.29, 0.717) is 25.0 Å². The Hall–Kier alpha value is -1.39. The van der Waals surface area contributed by atoms with E-state index in [-0.39, 0.29) is 5.91 Å². The molecule has 1 aromatic carbocycles. The number of likely N-dealkylation sites (N-methyl/N-ethyl adjacent to an activating group) is 1. The molecule has 21 heavy (non-hydrogen) atoms. The van der Waals surface area contributed by atoms with Gasteiger partial charge in [0.2, 0.25) is 5.91 Å². The van der Waals surface area contributed by atoms with E-state index >= 15 is 0 Å². The summed E-state index contributed by atoms with van der Waals surface area (Å²) >= 11 is 0. The minimum absolute atomic E-state index is 0.0505. The Morgan fingerprint density at radius 2 is 2.14 bits per heavy atom. The number of hydrogen-bond donors (Lipinski definition) is 2. The molecule has 0 aromatic heterocycles. The highest BCUT2D eigenvalue weighted by molar-refractivity contribution is 5.92. The van der Waals surface area contributed by atoms with E-state index in [1.165, 1.54) is 36.8 Å². The fraction of sp³-hybridized carbons (Fsp3) is 0.588. The second kappa shape index (κ2) is 6.16. The van der Waals surface area contributed by atoms with Crippen LogP contribution in [0.25, 0.3) is 0 Å². The fourth-order valence-corrected chi connectivity index (χ4v) is 3.41. The van der Waals surface area contributed by atoms with Gasteiger partial charge in [-0.3, -0.25) is 9.69 Å². The van der Waals surface area contributed by atoms with Crippen molar-refractivity contribution in [3.63, 3.8) is 0 Å². The second-order valence-electron chi connectivity index (χ2n) is 6.44. The number of nitrogens with one attached hydrogen (secondary N) is 1. The van der Waals surface area contributed by atoms with Crippen LogP contribution in [0.15, 0.2) is 18.2 Å². The largest absolute Gasteiger partial charge is 0.329 e. The van der Waals surface area contributed by atoms with Crippen LogP contribution in [0, 0.1) is 5.92 Å². The molecular formula is C17H25N3O. The number of anilines is 1. The number of benzene rings is 1. The monoisotopic (exact) mass is 287 g/mol. The average Bonchev–Trinajstić information content (AvgIpc) is 3.16. The Bertz CT molecular complexity index is 525. The molecule has 0 aliphatic heterocycles. The van der Waals surface area contributed by atoms with Gasteiger partial charge in [-0.15, -0.1) is 0 Å². The Morgan fingerprint density at radius 1 is 1.38 bits per heavy atom. The third-order valence-corrected chi connectivity index (χ3v) is 4.75. The molecule has 0 radical (unpaired) electrons. The minimum Gasteiger partial charge on any atom is -0.329 e. The van der Waals surface area contributed by atoms with Gasteiger partial charge in [-0.1, -0.05) is 6.07 Å². The number of carbonyl (C=O) groups is 1. The van der Waals surface area contributed by atoms with Crippen molar-refractivity contribution in [1.29, 1.82) is 0 Å². The fourth-order valence-electron chi connectivity index (χ4n) is 3.41. The molecule has 1 fully saturated rings. The maximum Gasteiger partial charge on any atom is 0.238 e. The van der Waals surface area contributed by atoms with Crippen molar-refractivity contribution < 1.29 is 4.79 Å². The molecule has 2 aliphatic rings. The van der Waals surface area contributed by atoms with Crippen LogP contribution >= 0.6 is 0 Å². The Balaban J connectivity index is 1.56. The molecule has 0 spiro atoms. The van der Waals surface area contributed by atoms with Crippen LogP contribution in [0.4, 0.5) is 5.69 Å². The van der Waals surface area contributed by atoms with Crippen LogP contribution in [0.5, 0.6) is 0 Å². The van der Waals surface area contributed by atoms with E-state index in [1.54, 1.807) is 0 Å². The first-order valence-electron chi connectivity index (χ1n) is 7.99. The summed E-state index contributed by atoms with van der Waals surface area (Å²) in [6, 6.07) is 6.63. The lowest BCUT2D eigenvalue weighted by Gasteiger charge is -2.26. The summed E-state index contributed by atoms with van der Waals surface area (Å²) in [6.07, 6.45) is 6.04. The van der Waals surface area contributed by atoms with Gasteiger partial charge in [0, 0.05) is 18.3 Å². The van der Waals surface area contributed by atoms with Crippen LogP contribution in [0.3, 0.4) is 0 Å². The maximum absolute atomic E-state index is 12.2. The Morgan fingerprint density at radius 3 is 2.86 bits per heavy atom. The molecule has 1 amide bonds. The summed E-state index contributed by atoms with van der Waals surface area (Å²) in [5.41, 5.74) is 9.57. The Labute approximate surface area is 126 Å². The van der Waals surface area contributed by atoms with E-state index in [2.05, 4.69) is 22.3 Å². The first-order valence-corrected chi connectivity index (χ1v) is 7.99. The average molecular weight is 287 g/mol. The number of nitrogens with two attached hydrogens (primary N) is 1. The summed E-state index contributed by atoms with van der Waals surface area (Å²) in [6.45, 7) is 1.04. The first kappa shape index (κ1) is 14.5. The van der Waals surface area contributed by atoms with E-state index < -0.39 is 0 Å². The number of fused-ring (bicyclic) bond motifs is 1. The van der Waals surface area contributed by atoms with Gasteiger partial charge in [0.1, 0.15) is 0 Å². The smallest absolute Gasteiger partial charge is 0.238 e. The van der Waals surface area contributed by atoms with Gasteiger partial charge < -0.3 is 11.1 Å². The van der Waals surface area contributed by atoms with Crippen LogP contribution in [0.1, 0.15) is 30.4 Å².